The maximum Gasteiger partial charge on any atom is 0.257 e. The van der Waals surface area contributed by atoms with Gasteiger partial charge in [0.2, 0.25) is 0 Å². The SMILES string of the molecule is CC(C)(C)c1ccc(-c2nc(CN3CCN(C[C@H](O)COc4cccc5cccc(F)c45)CC3)no2)cc1. The normalized spacial score (nSPS) is 16.1. The first-order valence-corrected chi connectivity index (χ1v) is 13.1. The minimum absolute atomic E-state index is 0.0972. The Bertz CT molecular complexity index is 1350. The lowest BCUT2D eigenvalue weighted by atomic mass is 9.87. The van der Waals surface area contributed by atoms with Crippen LogP contribution in [-0.2, 0) is 12.0 Å². The number of fused-ring (bicyclic) bond motifs is 1. The van der Waals surface area contributed by atoms with Gasteiger partial charge in [0.05, 0.1) is 11.9 Å². The predicted molar refractivity (Wildman–Crippen MR) is 146 cm³/mol. The van der Waals surface area contributed by atoms with E-state index in [2.05, 4.69) is 52.8 Å². The summed E-state index contributed by atoms with van der Waals surface area (Å²) in [6.07, 6.45) is -0.673. The van der Waals surface area contributed by atoms with Gasteiger partial charge in [-0.3, -0.25) is 9.80 Å². The van der Waals surface area contributed by atoms with Crippen molar-refractivity contribution in [1.82, 2.24) is 19.9 Å². The molecule has 0 unspecified atom stereocenters. The fourth-order valence-corrected chi connectivity index (χ4v) is 4.80. The van der Waals surface area contributed by atoms with Gasteiger partial charge in [0.15, 0.2) is 5.82 Å². The molecule has 1 saturated heterocycles. The van der Waals surface area contributed by atoms with Crippen molar-refractivity contribution in [3.05, 3.63) is 77.9 Å². The molecule has 0 radical (unpaired) electrons. The Morgan fingerprint density at radius 1 is 0.974 bits per heavy atom. The van der Waals surface area contributed by atoms with Crippen LogP contribution in [0, 0.1) is 5.82 Å². The average Bonchev–Trinajstić information content (AvgIpc) is 3.37. The lowest BCUT2D eigenvalue weighted by Crippen LogP contribution is -2.48. The maximum atomic E-state index is 14.3. The summed E-state index contributed by atoms with van der Waals surface area (Å²) in [6.45, 7) is 11.1. The third-order valence-corrected chi connectivity index (χ3v) is 7.01. The Labute approximate surface area is 222 Å². The van der Waals surface area contributed by atoms with Gasteiger partial charge in [0, 0.05) is 38.3 Å². The largest absolute Gasteiger partial charge is 0.490 e. The second-order valence-electron chi connectivity index (χ2n) is 11.0. The van der Waals surface area contributed by atoms with Crippen LogP contribution in [0.4, 0.5) is 4.39 Å². The van der Waals surface area contributed by atoms with Gasteiger partial charge >= 0.3 is 0 Å². The minimum atomic E-state index is -0.673. The molecule has 1 aromatic heterocycles. The lowest BCUT2D eigenvalue weighted by molar-refractivity contribution is 0.0443. The summed E-state index contributed by atoms with van der Waals surface area (Å²) in [5, 5.41) is 16.0. The summed E-state index contributed by atoms with van der Waals surface area (Å²) in [5.74, 6) is 1.34. The number of aromatic nitrogens is 2. The van der Waals surface area contributed by atoms with Gasteiger partial charge in [-0.05, 0) is 40.6 Å². The van der Waals surface area contributed by atoms with Crippen molar-refractivity contribution in [1.29, 1.82) is 0 Å². The van der Waals surface area contributed by atoms with E-state index in [0.29, 0.717) is 35.9 Å². The highest BCUT2D eigenvalue weighted by atomic mass is 19.1. The van der Waals surface area contributed by atoms with E-state index in [-0.39, 0.29) is 17.8 Å². The first kappa shape index (κ1) is 26.3. The number of aliphatic hydroxyl groups excluding tert-OH is 1. The molecule has 0 amide bonds. The number of nitrogens with zero attached hydrogens (tertiary/aromatic N) is 4. The minimum Gasteiger partial charge on any atom is -0.490 e. The van der Waals surface area contributed by atoms with E-state index in [1.54, 1.807) is 12.1 Å². The number of hydrogen-bond acceptors (Lipinski definition) is 7. The number of aliphatic hydroxyl groups is 1. The molecule has 0 aliphatic carbocycles. The zero-order valence-corrected chi connectivity index (χ0v) is 22.2. The highest BCUT2D eigenvalue weighted by Gasteiger charge is 2.22. The molecule has 1 N–H and O–H groups in total. The van der Waals surface area contributed by atoms with Crippen LogP contribution in [-0.4, -0.2) is 70.5 Å². The van der Waals surface area contributed by atoms with Crippen molar-refractivity contribution in [3.8, 4) is 17.2 Å². The maximum absolute atomic E-state index is 14.3. The van der Waals surface area contributed by atoms with Gasteiger partial charge in [-0.1, -0.05) is 62.3 Å². The standard InChI is InChI=1S/C30H35FN4O3/c1-30(2,3)23-12-10-22(11-13-23)29-32-27(33-38-29)19-35-16-14-34(15-17-35)18-24(36)20-37-26-9-5-7-21-6-4-8-25(31)28(21)26/h4-13,24,36H,14-20H2,1-3H3/t24-/m0/s1. The van der Waals surface area contributed by atoms with Crippen LogP contribution in [0.15, 0.2) is 65.2 Å². The third-order valence-electron chi connectivity index (χ3n) is 7.01. The summed E-state index contributed by atoms with van der Waals surface area (Å²) < 4.78 is 25.6. The zero-order valence-electron chi connectivity index (χ0n) is 22.2. The number of rotatable bonds is 8. The quantitative estimate of drug-likeness (QED) is 0.356. The molecular formula is C30H35FN4O3. The summed E-state index contributed by atoms with van der Waals surface area (Å²) in [4.78, 5) is 9.10. The molecule has 3 aromatic carbocycles. The lowest BCUT2D eigenvalue weighted by Gasteiger charge is -2.34. The van der Waals surface area contributed by atoms with E-state index in [0.717, 1.165) is 37.1 Å². The monoisotopic (exact) mass is 518 g/mol. The smallest absolute Gasteiger partial charge is 0.257 e. The van der Waals surface area contributed by atoms with Gasteiger partial charge in [0.1, 0.15) is 24.3 Å². The Morgan fingerprint density at radius 2 is 1.66 bits per heavy atom. The molecule has 4 aromatic rings. The number of ether oxygens (including phenoxy) is 1. The molecular weight excluding hydrogens is 483 g/mol. The second-order valence-corrected chi connectivity index (χ2v) is 11.0. The second kappa shape index (κ2) is 11.2. The van der Waals surface area contributed by atoms with Crippen molar-refractivity contribution in [2.75, 3.05) is 39.3 Å². The van der Waals surface area contributed by atoms with Crippen molar-refractivity contribution < 1.29 is 18.8 Å². The fraction of sp³-hybridized carbons (Fsp3) is 0.400. The average molecular weight is 519 g/mol. The molecule has 1 fully saturated rings. The molecule has 0 saturated carbocycles. The molecule has 2 heterocycles. The fourth-order valence-electron chi connectivity index (χ4n) is 4.80. The van der Waals surface area contributed by atoms with Gasteiger partial charge in [0.25, 0.3) is 5.89 Å². The first-order valence-electron chi connectivity index (χ1n) is 13.1. The molecule has 1 atom stereocenters. The number of hydrogen-bond donors (Lipinski definition) is 1. The van der Waals surface area contributed by atoms with Crippen LogP contribution in [0.3, 0.4) is 0 Å². The predicted octanol–water partition coefficient (Wildman–Crippen LogP) is 4.88. The van der Waals surface area contributed by atoms with Gasteiger partial charge in [-0.15, -0.1) is 0 Å². The van der Waals surface area contributed by atoms with Crippen molar-refractivity contribution in [3.63, 3.8) is 0 Å². The molecule has 5 rings (SSSR count). The zero-order chi connectivity index (χ0) is 26.7. The molecule has 0 spiro atoms. The summed E-state index contributed by atoms with van der Waals surface area (Å²) in [6, 6.07) is 18.6. The molecule has 7 nitrogen and oxygen atoms in total. The summed E-state index contributed by atoms with van der Waals surface area (Å²) in [7, 11) is 0. The number of piperazine rings is 1. The highest BCUT2D eigenvalue weighted by Crippen LogP contribution is 2.28. The molecule has 200 valence electrons. The van der Waals surface area contributed by atoms with E-state index in [1.807, 2.05) is 30.3 Å². The molecule has 0 bridgehead atoms. The Balaban J connectivity index is 1.08. The Kier molecular flexibility index (Phi) is 7.74. The summed E-state index contributed by atoms with van der Waals surface area (Å²) >= 11 is 0. The van der Waals surface area contributed by atoms with Crippen LogP contribution in [0.25, 0.3) is 22.2 Å². The topological polar surface area (TPSA) is 74.9 Å². The third kappa shape index (κ3) is 6.20. The van der Waals surface area contributed by atoms with E-state index >= 15 is 0 Å². The van der Waals surface area contributed by atoms with Gasteiger partial charge in [-0.25, -0.2) is 4.39 Å². The van der Waals surface area contributed by atoms with Crippen LogP contribution in [0.1, 0.15) is 32.2 Å². The van der Waals surface area contributed by atoms with Crippen LogP contribution >= 0.6 is 0 Å². The summed E-state index contributed by atoms with van der Waals surface area (Å²) in [5.41, 5.74) is 2.28. The molecule has 1 aliphatic rings. The Morgan fingerprint density at radius 3 is 2.37 bits per heavy atom. The van der Waals surface area contributed by atoms with Gasteiger partial charge in [-0.2, -0.15) is 4.98 Å². The van der Waals surface area contributed by atoms with E-state index in [9.17, 15) is 9.50 Å². The number of β-amino-alcohol motifs (C(OH)–C–C–N with tert-alkyl or cyclic N) is 1. The number of halogens is 1. The van der Waals surface area contributed by atoms with E-state index in [1.165, 1.54) is 11.6 Å². The molecule has 8 heteroatoms. The van der Waals surface area contributed by atoms with Gasteiger partial charge < -0.3 is 14.4 Å². The first-order chi connectivity index (χ1) is 18.3. The van der Waals surface area contributed by atoms with Crippen molar-refractivity contribution >= 4 is 10.8 Å². The molecule has 38 heavy (non-hydrogen) atoms. The van der Waals surface area contributed by atoms with Crippen LogP contribution < -0.4 is 4.74 Å². The van der Waals surface area contributed by atoms with Crippen molar-refractivity contribution in [2.24, 2.45) is 0 Å². The van der Waals surface area contributed by atoms with Crippen molar-refractivity contribution in [2.45, 2.75) is 38.8 Å². The number of benzene rings is 3. The van der Waals surface area contributed by atoms with E-state index in [4.69, 9.17) is 9.26 Å². The molecule has 1 aliphatic heterocycles. The van der Waals surface area contributed by atoms with E-state index < -0.39 is 6.10 Å². The highest BCUT2D eigenvalue weighted by molar-refractivity contribution is 5.88. The van der Waals surface area contributed by atoms with Crippen LogP contribution in [0.2, 0.25) is 0 Å². The van der Waals surface area contributed by atoms with Crippen LogP contribution in [0.5, 0.6) is 5.75 Å². The Hall–Kier alpha value is -3.33.